The number of carbonyl (C=O) groups excluding carboxylic acids is 2. The first-order chi connectivity index (χ1) is 10.2. The second kappa shape index (κ2) is 8.45. The van der Waals surface area contributed by atoms with Gasteiger partial charge >= 0.3 is 6.03 Å². The lowest BCUT2D eigenvalue weighted by Gasteiger charge is -2.38. The molecule has 0 radical (unpaired) electrons. The van der Waals surface area contributed by atoms with Gasteiger partial charge in [0.05, 0.1) is 19.3 Å². The molecule has 0 spiro atoms. The molecule has 7 nitrogen and oxygen atoms in total. The number of ether oxygens (including phenoxy) is 1. The molecule has 1 aliphatic rings. The molecule has 1 rings (SSSR count). The van der Waals surface area contributed by atoms with Crippen molar-refractivity contribution in [1.29, 1.82) is 0 Å². The average molecular weight is 314 g/mol. The van der Waals surface area contributed by atoms with E-state index in [0.717, 1.165) is 39.4 Å². The summed E-state index contributed by atoms with van der Waals surface area (Å²) in [6, 6.07) is -0.834. The zero-order valence-corrected chi connectivity index (χ0v) is 14.4. The molecule has 0 aliphatic carbocycles. The van der Waals surface area contributed by atoms with E-state index >= 15 is 0 Å². The van der Waals surface area contributed by atoms with Crippen LogP contribution < -0.4 is 10.6 Å². The van der Waals surface area contributed by atoms with E-state index in [1.807, 2.05) is 18.9 Å². The molecule has 0 aromatic heterocycles. The minimum absolute atomic E-state index is 0.0493. The topological polar surface area (TPSA) is 73.9 Å². The quantitative estimate of drug-likeness (QED) is 0.728. The van der Waals surface area contributed by atoms with Crippen LogP contribution in [0.5, 0.6) is 0 Å². The molecule has 2 N–H and O–H groups in total. The van der Waals surface area contributed by atoms with Crippen molar-refractivity contribution in [1.82, 2.24) is 20.4 Å². The molecule has 1 aliphatic heterocycles. The SMILES string of the molecule is CNC(=O)NC(=O)[C@@H](C)N(C)CC(C)(C)CN1CCOCC1. The number of hydrogen-bond acceptors (Lipinski definition) is 5. The third-order valence-electron chi connectivity index (χ3n) is 3.94. The molecule has 7 heteroatoms. The Balaban J connectivity index is 2.48. The van der Waals surface area contributed by atoms with Gasteiger partial charge in [-0.05, 0) is 19.4 Å². The number of morpholine rings is 1. The summed E-state index contributed by atoms with van der Waals surface area (Å²) in [6.45, 7) is 11.4. The Morgan fingerprint density at radius 2 is 1.91 bits per heavy atom. The number of nitrogens with one attached hydrogen (secondary N) is 2. The lowest BCUT2D eigenvalue weighted by Crippen LogP contribution is -2.51. The van der Waals surface area contributed by atoms with Crippen LogP contribution in [0.15, 0.2) is 0 Å². The van der Waals surface area contributed by atoms with Gasteiger partial charge in [-0.25, -0.2) is 4.79 Å². The van der Waals surface area contributed by atoms with Crippen molar-refractivity contribution in [2.24, 2.45) is 5.41 Å². The number of hydrogen-bond donors (Lipinski definition) is 2. The summed E-state index contributed by atoms with van der Waals surface area (Å²) in [7, 11) is 3.40. The van der Waals surface area contributed by atoms with Crippen molar-refractivity contribution in [2.75, 3.05) is 53.5 Å². The first-order valence-electron chi connectivity index (χ1n) is 7.78. The highest BCUT2D eigenvalue weighted by Crippen LogP contribution is 2.20. The molecule has 1 saturated heterocycles. The van der Waals surface area contributed by atoms with Crippen LogP contribution in [0.1, 0.15) is 20.8 Å². The van der Waals surface area contributed by atoms with Gasteiger partial charge in [0, 0.05) is 33.2 Å². The van der Waals surface area contributed by atoms with Gasteiger partial charge in [0.1, 0.15) is 0 Å². The fourth-order valence-corrected chi connectivity index (χ4v) is 2.71. The average Bonchev–Trinajstić information content (AvgIpc) is 2.46. The van der Waals surface area contributed by atoms with Gasteiger partial charge < -0.3 is 10.1 Å². The highest BCUT2D eigenvalue weighted by molar-refractivity contribution is 5.96. The number of urea groups is 1. The molecule has 0 bridgehead atoms. The van der Waals surface area contributed by atoms with Crippen LogP contribution in [0.2, 0.25) is 0 Å². The molecule has 3 amide bonds. The predicted molar refractivity (Wildman–Crippen MR) is 85.7 cm³/mol. The van der Waals surface area contributed by atoms with E-state index in [4.69, 9.17) is 4.74 Å². The van der Waals surface area contributed by atoms with E-state index in [0.29, 0.717) is 0 Å². The second-order valence-corrected chi connectivity index (χ2v) is 6.71. The van der Waals surface area contributed by atoms with Crippen LogP contribution in [0.4, 0.5) is 4.79 Å². The molecular formula is C15H30N4O3. The molecular weight excluding hydrogens is 284 g/mol. The Hall–Kier alpha value is -1.18. The normalized spacial score (nSPS) is 18.1. The van der Waals surface area contributed by atoms with Crippen LogP contribution in [0, 0.1) is 5.41 Å². The summed E-state index contributed by atoms with van der Waals surface area (Å²) in [5.74, 6) is -0.288. The zero-order valence-electron chi connectivity index (χ0n) is 14.4. The molecule has 0 unspecified atom stereocenters. The van der Waals surface area contributed by atoms with Crippen molar-refractivity contribution >= 4 is 11.9 Å². The van der Waals surface area contributed by atoms with Gasteiger partial charge in [0.15, 0.2) is 0 Å². The smallest absolute Gasteiger partial charge is 0.321 e. The number of nitrogens with zero attached hydrogens (tertiary/aromatic N) is 2. The van der Waals surface area contributed by atoms with Crippen molar-refractivity contribution in [2.45, 2.75) is 26.8 Å². The predicted octanol–water partition coefficient (Wildman–Crippen LogP) is 0.121. The largest absolute Gasteiger partial charge is 0.379 e. The van der Waals surface area contributed by atoms with Crippen LogP contribution in [0.3, 0.4) is 0 Å². The summed E-state index contributed by atoms with van der Waals surface area (Å²) in [5, 5.41) is 4.70. The number of amides is 3. The molecule has 0 aromatic rings. The van der Waals surface area contributed by atoms with Gasteiger partial charge in [-0.3, -0.25) is 19.9 Å². The van der Waals surface area contributed by atoms with E-state index in [2.05, 4.69) is 29.4 Å². The van der Waals surface area contributed by atoms with Gasteiger partial charge in [-0.2, -0.15) is 0 Å². The Morgan fingerprint density at radius 1 is 1.32 bits per heavy atom. The Morgan fingerprint density at radius 3 is 2.45 bits per heavy atom. The lowest BCUT2D eigenvalue weighted by atomic mass is 9.91. The van der Waals surface area contributed by atoms with E-state index in [1.165, 1.54) is 7.05 Å². The highest BCUT2D eigenvalue weighted by atomic mass is 16.5. The minimum Gasteiger partial charge on any atom is -0.379 e. The standard InChI is InChI=1S/C15H30N4O3/c1-12(13(20)17-14(21)16-4)18(5)10-15(2,3)11-19-6-8-22-9-7-19/h12H,6-11H2,1-5H3,(H2,16,17,20,21)/t12-/m1/s1. The molecule has 0 saturated carbocycles. The lowest BCUT2D eigenvalue weighted by molar-refractivity contribution is -0.124. The Bertz CT molecular complexity index is 381. The third kappa shape index (κ3) is 6.29. The monoisotopic (exact) mass is 314 g/mol. The van der Waals surface area contributed by atoms with Gasteiger partial charge in [-0.15, -0.1) is 0 Å². The Kier molecular flexibility index (Phi) is 7.25. The van der Waals surface area contributed by atoms with Gasteiger partial charge in [0.2, 0.25) is 5.91 Å². The first-order valence-corrected chi connectivity index (χ1v) is 7.78. The van der Waals surface area contributed by atoms with Gasteiger partial charge in [-0.1, -0.05) is 13.8 Å². The molecule has 22 heavy (non-hydrogen) atoms. The summed E-state index contributed by atoms with van der Waals surface area (Å²) >= 11 is 0. The minimum atomic E-state index is -0.474. The van der Waals surface area contributed by atoms with Crippen LogP contribution in [0.25, 0.3) is 0 Å². The van der Waals surface area contributed by atoms with Crippen molar-refractivity contribution in [3.05, 3.63) is 0 Å². The first kappa shape index (κ1) is 18.9. The fourth-order valence-electron chi connectivity index (χ4n) is 2.71. The highest BCUT2D eigenvalue weighted by Gasteiger charge is 2.28. The van der Waals surface area contributed by atoms with E-state index < -0.39 is 6.03 Å². The van der Waals surface area contributed by atoms with E-state index in [-0.39, 0.29) is 17.4 Å². The third-order valence-corrected chi connectivity index (χ3v) is 3.94. The van der Waals surface area contributed by atoms with Crippen LogP contribution in [-0.2, 0) is 9.53 Å². The number of rotatable bonds is 6. The Labute approximate surface area is 133 Å². The molecule has 0 aromatic carbocycles. The van der Waals surface area contributed by atoms with Gasteiger partial charge in [0.25, 0.3) is 0 Å². The maximum Gasteiger partial charge on any atom is 0.321 e. The van der Waals surface area contributed by atoms with Crippen molar-refractivity contribution in [3.63, 3.8) is 0 Å². The van der Waals surface area contributed by atoms with Crippen LogP contribution >= 0.6 is 0 Å². The number of imide groups is 1. The maximum absolute atomic E-state index is 12.0. The molecule has 1 fully saturated rings. The summed E-state index contributed by atoms with van der Waals surface area (Å²) in [6.07, 6.45) is 0. The summed E-state index contributed by atoms with van der Waals surface area (Å²) in [4.78, 5) is 27.6. The van der Waals surface area contributed by atoms with Crippen molar-refractivity contribution in [3.8, 4) is 0 Å². The van der Waals surface area contributed by atoms with E-state index in [1.54, 1.807) is 0 Å². The maximum atomic E-state index is 12.0. The number of carbonyl (C=O) groups is 2. The zero-order chi connectivity index (χ0) is 16.8. The summed E-state index contributed by atoms with van der Waals surface area (Å²) in [5.41, 5.74) is 0.0493. The second-order valence-electron chi connectivity index (χ2n) is 6.71. The molecule has 1 heterocycles. The van der Waals surface area contributed by atoms with Crippen LogP contribution in [-0.4, -0.2) is 81.3 Å². The molecule has 128 valence electrons. The fraction of sp³-hybridized carbons (Fsp3) is 0.867. The molecule has 1 atom stereocenters. The van der Waals surface area contributed by atoms with E-state index in [9.17, 15) is 9.59 Å². The number of likely N-dealkylation sites (N-methyl/N-ethyl adjacent to an activating group) is 1. The van der Waals surface area contributed by atoms with Crippen molar-refractivity contribution < 1.29 is 14.3 Å². The summed E-state index contributed by atoms with van der Waals surface area (Å²) < 4.78 is 5.37.